The standard InChI is InChI=1S/C21H26N8.H2/c1-27(2)16-7-5-15(6-8-16)23-21-22-13-20-17(10-11-29(20)25-21)14-4-9-18-19(12-14)28(3)26-24-18;/h4,9-13,15-16H,5-8H2,1-3H3,(H,23,25);1H. The van der Waals surface area contributed by atoms with Crippen LogP contribution in [0.3, 0.4) is 0 Å². The van der Waals surface area contributed by atoms with Crippen molar-refractivity contribution in [2.75, 3.05) is 19.4 Å². The Labute approximate surface area is 171 Å². The van der Waals surface area contributed by atoms with E-state index in [2.05, 4.69) is 57.8 Å². The van der Waals surface area contributed by atoms with Crippen LogP contribution < -0.4 is 5.32 Å². The number of aromatic nitrogens is 6. The smallest absolute Gasteiger partial charge is 0.241 e. The zero-order valence-corrected chi connectivity index (χ0v) is 17.1. The summed E-state index contributed by atoms with van der Waals surface area (Å²) in [6.45, 7) is 0. The van der Waals surface area contributed by atoms with Crippen LogP contribution in [-0.2, 0) is 7.05 Å². The van der Waals surface area contributed by atoms with Crippen molar-refractivity contribution in [2.24, 2.45) is 7.05 Å². The first kappa shape index (κ1) is 18.1. The van der Waals surface area contributed by atoms with Gasteiger partial charge in [-0.2, -0.15) is 0 Å². The maximum Gasteiger partial charge on any atom is 0.241 e. The van der Waals surface area contributed by atoms with Gasteiger partial charge in [-0.05, 0) is 63.5 Å². The van der Waals surface area contributed by atoms with Gasteiger partial charge in [0.2, 0.25) is 5.95 Å². The fourth-order valence-corrected chi connectivity index (χ4v) is 4.33. The maximum absolute atomic E-state index is 4.69. The average molecular weight is 393 g/mol. The number of aryl methyl sites for hydroxylation is 1. The Morgan fingerprint density at radius 1 is 1.10 bits per heavy atom. The monoisotopic (exact) mass is 392 g/mol. The Balaban J connectivity index is 0.00000218. The predicted octanol–water partition coefficient (Wildman–Crippen LogP) is 3.21. The molecule has 1 saturated carbocycles. The van der Waals surface area contributed by atoms with Crippen molar-refractivity contribution < 1.29 is 1.43 Å². The Kier molecular flexibility index (Phi) is 4.43. The summed E-state index contributed by atoms with van der Waals surface area (Å²) in [4.78, 5) is 6.93. The maximum atomic E-state index is 4.69. The Morgan fingerprint density at radius 3 is 2.72 bits per heavy atom. The van der Waals surface area contributed by atoms with Crippen molar-refractivity contribution in [3.8, 4) is 11.1 Å². The van der Waals surface area contributed by atoms with E-state index in [4.69, 9.17) is 5.10 Å². The molecule has 8 nitrogen and oxygen atoms in total. The number of rotatable bonds is 4. The van der Waals surface area contributed by atoms with Crippen LogP contribution in [0.1, 0.15) is 27.1 Å². The minimum absolute atomic E-state index is 0. The van der Waals surface area contributed by atoms with Gasteiger partial charge in [0.1, 0.15) is 5.52 Å². The van der Waals surface area contributed by atoms with Gasteiger partial charge in [0.25, 0.3) is 0 Å². The molecule has 0 bridgehead atoms. The number of nitrogens with one attached hydrogen (secondary N) is 1. The summed E-state index contributed by atoms with van der Waals surface area (Å²) in [5.74, 6) is 0.694. The normalized spacial score (nSPS) is 20.0. The molecule has 4 aromatic rings. The first-order valence-electron chi connectivity index (χ1n) is 10.2. The average Bonchev–Trinajstić information content (AvgIpc) is 3.31. The first-order chi connectivity index (χ1) is 14.1. The van der Waals surface area contributed by atoms with E-state index in [0.29, 0.717) is 18.0 Å². The van der Waals surface area contributed by atoms with Gasteiger partial charge in [0.15, 0.2) is 0 Å². The van der Waals surface area contributed by atoms with Crippen molar-refractivity contribution in [2.45, 2.75) is 37.8 Å². The third kappa shape index (κ3) is 3.33. The highest BCUT2D eigenvalue weighted by molar-refractivity contribution is 5.87. The Bertz CT molecular complexity index is 1160. The number of benzene rings is 1. The molecule has 0 amide bonds. The summed E-state index contributed by atoms with van der Waals surface area (Å²) in [5, 5.41) is 16.5. The van der Waals surface area contributed by atoms with Gasteiger partial charge in [-0.3, -0.25) is 0 Å². The van der Waals surface area contributed by atoms with Crippen molar-refractivity contribution in [1.82, 2.24) is 34.5 Å². The van der Waals surface area contributed by atoms with Crippen LogP contribution >= 0.6 is 0 Å². The van der Waals surface area contributed by atoms with E-state index in [1.807, 2.05) is 30.0 Å². The van der Waals surface area contributed by atoms with E-state index >= 15 is 0 Å². The molecule has 1 N–H and O–H groups in total. The van der Waals surface area contributed by atoms with Crippen LogP contribution in [0, 0.1) is 0 Å². The topological polar surface area (TPSA) is 76.2 Å². The number of nitrogens with zero attached hydrogens (tertiary/aromatic N) is 7. The highest BCUT2D eigenvalue weighted by Crippen LogP contribution is 2.28. The van der Waals surface area contributed by atoms with Crippen LogP contribution in [0.25, 0.3) is 27.7 Å². The highest BCUT2D eigenvalue weighted by atomic mass is 15.4. The van der Waals surface area contributed by atoms with Crippen LogP contribution in [0.2, 0.25) is 0 Å². The molecule has 1 aliphatic carbocycles. The van der Waals surface area contributed by atoms with Crippen LogP contribution in [0.5, 0.6) is 0 Å². The zero-order chi connectivity index (χ0) is 20.0. The van der Waals surface area contributed by atoms with Gasteiger partial charge in [0, 0.05) is 32.3 Å². The molecule has 3 aromatic heterocycles. The van der Waals surface area contributed by atoms with Crippen molar-refractivity contribution >= 4 is 22.5 Å². The summed E-state index contributed by atoms with van der Waals surface area (Å²) in [5.41, 5.74) is 5.10. The van der Waals surface area contributed by atoms with Crippen molar-refractivity contribution in [3.05, 3.63) is 36.7 Å². The quantitative estimate of drug-likeness (QED) is 0.575. The molecule has 1 fully saturated rings. The third-order valence-electron chi connectivity index (χ3n) is 6.10. The molecule has 0 radical (unpaired) electrons. The zero-order valence-electron chi connectivity index (χ0n) is 17.1. The van der Waals surface area contributed by atoms with Gasteiger partial charge >= 0.3 is 0 Å². The van der Waals surface area contributed by atoms with Crippen LogP contribution in [0.15, 0.2) is 36.7 Å². The number of hydrogen-bond donors (Lipinski definition) is 1. The minimum Gasteiger partial charge on any atom is -0.350 e. The molecule has 0 aliphatic heterocycles. The molecule has 0 atom stereocenters. The van der Waals surface area contributed by atoms with Gasteiger partial charge in [0.05, 0.1) is 17.2 Å². The predicted molar refractivity (Wildman–Crippen MR) is 116 cm³/mol. The lowest BCUT2D eigenvalue weighted by Crippen LogP contribution is -2.36. The molecular formula is C21H28N8. The highest BCUT2D eigenvalue weighted by Gasteiger charge is 2.23. The molecule has 1 aliphatic rings. The van der Waals surface area contributed by atoms with Gasteiger partial charge in [-0.15, -0.1) is 10.2 Å². The van der Waals surface area contributed by atoms with E-state index in [1.54, 1.807) is 4.68 Å². The summed E-state index contributed by atoms with van der Waals surface area (Å²) in [7, 11) is 6.24. The molecular weight excluding hydrogens is 364 g/mol. The minimum atomic E-state index is 0. The lowest BCUT2D eigenvalue weighted by Gasteiger charge is -2.32. The molecule has 1 aromatic carbocycles. The molecule has 152 valence electrons. The Hall–Kier alpha value is -3.00. The summed E-state index contributed by atoms with van der Waals surface area (Å²) >= 11 is 0. The van der Waals surface area contributed by atoms with Gasteiger partial charge in [-0.25, -0.2) is 14.2 Å². The number of hydrogen-bond acceptors (Lipinski definition) is 6. The second-order valence-electron chi connectivity index (χ2n) is 8.17. The fraction of sp³-hybridized carbons (Fsp3) is 0.429. The van der Waals surface area contributed by atoms with Gasteiger partial charge < -0.3 is 10.2 Å². The summed E-state index contributed by atoms with van der Waals surface area (Å²) < 4.78 is 3.70. The van der Waals surface area contributed by atoms with E-state index in [0.717, 1.165) is 40.5 Å². The number of anilines is 1. The van der Waals surface area contributed by atoms with Crippen LogP contribution in [-0.4, -0.2) is 60.7 Å². The third-order valence-corrected chi connectivity index (χ3v) is 6.10. The van der Waals surface area contributed by atoms with E-state index in [9.17, 15) is 0 Å². The molecule has 8 heteroatoms. The second kappa shape index (κ2) is 7.11. The molecule has 29 heavy (non-hydrogen) atoms. The Morgan fingerprint density at radius 2 is 1.93 bits per heavy atom. The first-order valence-corrected chi connectivity index (χ1v) is 10.2. The van der Waals surface area contributed by atoms with E-state index < -0.39 is 0 Å². The van der Waals surface area contributed by atoms with E-state index in [-0.39, 0.29) is 1.43 Å². The number of fused-ring (bicyclic) bond motifs is 2. The fourth-order valence-electron chi connectivity index (χ4n) is 4.33. The SMILES string of the molecule is CN(C)C1CCC(Nc2ncc3c(-c4ccc5nnn(C)c5c4)ccn3n2)CC1.[HH]. The van der Waals surface area contributed by atoms with Gasteiger partial charge in [-0.1, -0.05) is 11.3 Å². The lowest BCUT2D eigenvalue weighted by atomic mass is 9.91. The van der Waals surface area contributed by atoms with E-state index in [1.165, 1.54) is 12.8 Å². The van der Waals surface area contributed by atoms with Crippen molar-refractivity contribution in [1.29, 1.82) is 0 Å². The lowest BCUT2D eigenvalue weighted by molar-refractivity contribution is 0.221. The molecule has 0 saturated heterocycles. The molecule has 0 unspecified atom stereocenters. The molecule has 5 rings (SSSR count). The van der Waals surface area contributed by atoms with Crippen LogP contribution in [0.4, 0.5) is 5.95 Å². The second-order valence-corrected chi connectivity index (χ2v) is 8.17. The van der Waals surface area contributed by atoms with Crippen molar-refractivity contribution in [3.63, 3.8) is 0 Å². The molecule has 0 spiro atoms. The summed E-state index contributed by atoms with van der Waals surface area (Å²) in [6, 6.07) is 9.40. The summed E-state index contributed by atoms with van der Waals surface area (Å²) in [6.07, 6.45) is 8.63. The largest absolute Gasteiger partial charge is 0.350 e. The molecule has 3 heterocycles.